The Hall–Kier alpha value is -1.62. The molecule has 16 heavy (non-hydrogen) atoms. The van der Waals surface area contributed by atoms with E-state index in [1.165, 1.54) is 12.4 Å². The SMILES string of the molecule is C[C@H]1CN(C(=O)c2ccncc2O)CCN1. The summed E-state index contributed by atoms with van der Waals surface area (Å²) < 4.78 is 0. The maximum Gasteiger partial charge on any atom is 0.257 e. The molecule has 1 amide bonds. The van der Waals surface area contributed by atoms with Gasteiger partial charge in [0, 0.05) is 31.9 Å². The summed E-state index contributed by atoms with van der Waals surface area (Å²) >= 11 is 0. The molecule has 1 aliphatic rings. The van der Waals surface area contributed by atoms with Crippen molar-refractivity contribution in [3.63, 3.8) is 0 Å². The van der Waals surface area contributed by atoms with Crippen LogP contribution in [-0.4, -0.2) is 46.6 Å². The number of aromatic nitrogens is 1. The molecule has 5 nitrogen and oxygen atoms in total. The van der Waals surface area contributed by atoms with E-state index < -0.39 is 0 Å². The first-order valence-electron chi connectivity index (χ1n) is 5.34. The lowest BCUT2D eigenvalue weighted by Gasteiger charge is -2.32. The third-order valence-electron chi connectivity index (χ3n) is 2.69. The van der Waals surface area contributed by atoms with Crippen molar-refractivity contribution >= 4 is 5.91 Å². The maximum absolute atomic E-state index is 12.1. The van der Waals surface area contributed by atoms with Crippen LogP contribution < -0.4 is 5.32 Å². The summed E-state index contributed by atoms with van der Waals surface area (Å²) in [5.74, 6) is -0.188. The molecule has 1 aromatic rings. The van der Waals surface area contributed by atoms with Gasteiger partial charge in [0.2, 0.25) is 0 Å². The number of rotatable bonds is 1. The summed E-state index contributed by atoms with van der Waals surface area (Å²) in [5, 5.41) is 12.8. The van der Waals surface area contributed by atoms with Crippen LogP contribution in [0.1, 0.15) is 17.3 Å². The summed E-state index contributed by atoms with van der Waals surface area (Å²) in [6, 6.07) is 1.84. The number of aromatic hydroxyl groups is 1. The zero-order valence-corrected chi connectivity index (χ0v) is 9.18. The van der Waals surface area contributed by atoms with Gasteiger partial charge in [-0.15, -0.1) is 0 Å². The number of hydrogen-bond acceptors (Lipinski definition) is 4. The molecule has 2 rings (SSSR count). The molecule has 5 heteroatoms. The van der Waals surface area contributed by atoms with Crippen LogP contribution in [0.5, 0.6) is 5.75 Å². The molecule has 1 aromatic heterocycles. The monoisotopic (exact) mass is 221 g/mol. The Morgan fingerprint density at radius 2 is 2.50 bits per heavy atom. The van der Waals surface area contributed by atoms with Gasteiger partial charge in [-0.05, 0) is 13.0 Å². The van der Waals surface area contributed by atoms with Gasteiger partial charge in [0.25, 0.3) is 5.91 Å². The van der Waals surface area contributed by atoms with Crippen molar-refractivity contribution < 1.29 is 9.90 Å². The molecule has 1 aliphatic heterocycles. The van der Waals surface area contributed by atoms with E-state index in [0.29, 0.717) is 24.7 Å². The number of nitrogens with one attached hydrogen (secondary N) is 1. The molecule has 0 radical (unpaired) electrons. The van der Waals surface area contributed by atoms with Gasteiger partial charge < -0.3 is 15.3 Å². The van der Waals surface area contributed by atoms with Crippen LogP contribution in [0.2, 0.25) is 0 Å². The molecule has 2 N–H and O–H groups in total. The van der Waals surface area contributed by atoms with Crippen molar-refractivity contribution in [3.05, 3.63) is 24.0 Å². The van der Waals surface area contributed by atoms with Gasteiger partial charge in [-0.1, -0.05) is 0 Å². The van der Waals surface area contributed by atoms with Gasteiger partial charge in [-0.3, -0.25) is 9.78 Å². The predicted octanol–water partition coefficient (Wildman–Crippen LogP) is 0.221. The molecule has 0 aliphatic carbocycles. The highest BCUT2D eigenvalue weighted by Gasteiger charge is 2.23. The molecular formula is C11H15N3O2. The second-order valence-electron chi connectivity index (χ2n) is 4.00. The minimum absolute atomic E-state index is 0.0568. The van der Waals surface area contributed by atoms with Gasteiger partial charge in [0.15, 0.2) is 0 Å². The fourth-order valence-corrected chi connectivity index (χ4v) is 1.85. The quantitative estimate of drug-likeness (QED) is 0.712. The normalized spacial score (nSPS) is 20.8. The molecule has 2 heterocycles. The summed E-state index contributed by atoms with van der Waals surface area (Å²) in [5.41, 5.74) is 0.323. The Balaban J connectivity index is 2.16. The summed E-state index contributed by atoms with van der Waals surface area (Å²) in [6.07, 6.45) is 2.80. The lowest BCUT2D eigenvalue weighted by molar-refractivity contribution is 0.0706. The smallest absolute Gasteiger partial charge is 0.257 e. The molecule has 0 aromatic carbocycles. The van der Waals surface area contributed by atoms with Gasteiger partial charge in [0.05, 0.1) is 11.8 Å². The molecular weight excluding hydrogens is 206 g/mol. The molecule has 0 unspecified atom stereocenters. The minimum Gasteiger partial charge on any atom is -0.505 e. The minimum atomic E-state index is -0.131. The van der Waals surface area contributed by atoms with Gasteiger partial charge in [-0.25, -0.2) is 0 Å². The topological polar surface area (TPSA) is 65.5 Å². The van der Waals surface area contributed by atoms with Gasteiger partial charge >= 0.3 is 0 Å². The second-order valence-corrected chi connectivity index (χ2v) is 4.00. The third kappa shape index (κ3) is 2.14. The maximum atomic E-state index is 12.1. The van der Waals surface area contributed by atoms with Crippen LogP contribution in [0.15, 0.2) is 18.5 Å². The zero-order chi connectivity index (χ0) is 11.5. The highest BCUT2D eigenvalue weighted by molar-refractivity contribution is 5.96. The Morgan fingerprint density at radius 1 is 1.69 bits per heavy atom. The Kier molecular flexibility index (Phi) is 3.05. The van der Waals surface area contributed by atoms with Gasteiger partial charge in [-0.2, -0.15) is 0 Å². The van der Waals surface area contributed by atoms with E-state index in [2.05, 4.69) is 10.3 Å². The first kappa shape index (κ1) is 10.9. The fourth-order valence-electron chi connectivity index (χ4n) is 1.85. The van der Waals surface area contributed by atoms with Crippen LogP contribution in [-0.2, 0) is 0 Å². The highest BCUT2D eigenvalue weighted by atomic mass is 16.3. The molecule has 0 saturated carbocycles. The standard InChI is InChI=1S/C11H15N3O2/c1-8-7-14(5-4-13-8)11(16)9-2-3-12-6-10(9)15/h2-3,6,8,13,15H,4-5,7H2,1H3/t8-/m0/s1. The molecule has 0 bridgehead atoms. The Morgan fingerprint density at radius 3 is 3.19 bits per heavy atom. The third-order valence-corrected chi connectivity index (χ3v) is 2.69. The summed E-state index contributed by atoms with van der Waals surface area (Å²) in [7, 11) is 0. The first-order chi connectivity index (χ1) is 7.68. The van der Waals surface area contributed by atoms with E-state index in [1.54, 1.807) is 11.0 Å². The van der Waals surface area contributed by atoms with Crippen molar-refractivity contribution in [2.45, 2.75) is 13.0 Å². The number of carbonyl (C=O) groups is 1. The molecule has 1 saturated heterocycles. The number of amides is 1. The number of pyridine rings is 1. The summed E-state index contributed by atoms with van der Waals surface area (Å²) in [4.78, 5) is 17.6. The number of nitrogens with zero attached hydrogens (tertiary/aromatic N) is 2. The van der Waals surface area contributed by atoms with Crippen molar-refractivity contribution in [2.24, 2.45) is 0 Å². The van der Waals surface area contributed by atoms with Crippen LogP contribution >= 0.6 is 0 Å². The Bertz CT molecular complexity index is 395. The fraction of sp³-hybridized carbons (Fsp3) is 0.455. The van der Waals surface area contributed by atoms with E-state index in [0.717, 1.165) is 6.54 Å². The molecule has 1 fully saturated rings. The molecule has 1 atom stereocenters. The van der Waals surface area contributed by atoms with Crippen LogP contribution in [0.4, 0.5) is 0 Å². The zero-order valence-electron chi connectivity index (χ0n) is 9.18. The van der Waals surface area contributed by atoms with E-state index in [9.17, 15) is 9.90 Å². The van der Waals surface area contributed by atoms with Gasteiger partial charge in [0.1, 0.15) is 5.75 Å². The van der Waals surface area contributed by atoms with Crippen molar-refractivity contribution in [2.75, 3.05) is 19.6 Å². The van der Waals surface area contributed by atoms with E-state index in [4.69, 9.17) is 0 Å². The van der Waals surface area contributed by atoms with E-state index in [-0.39, 0.29) is 11.7 Å². The first-order valence-corrected chi connectivity index (χ1v) is 5.34. The number of hydrogen-bond donors (Lipinski definition) is 2. The van der Waals surface area contributed by atoms with Crippen LogP contribution in [0.3, 0.4) is 0 Å². The Labute approximate surface area is 94.1 Å². The van der Waals surface area contributed by atoms with Crippen molar-refractivity contribution in [1.29, 1.82) is 0 Å². The van der Waals surface area contributed by atoms with Crippen LogP contribution in [0.25, 0.3) is 0 Å². The average molecular weight is 221 g/mol. The highest BCUT2D eigenvalue weighted by Crippen LogP contribution is 2.17. The van der Waals surface area contributed by atoms with E-state index >= 15 is 0 Å². The van der Waals surface area contributed by atoms with Crippen LogP contribution in [0, 0.1) is 0 Å². The largest absolute Gasteiger partial charge is 0.505 e. The van der Waals surface area contributed by atoms with E-state index in [1.807, 2.05) is 6.92 Å². The molecule has 0 spiro atoms. The predicted molar refractivity (Wildman–Crippen MR) is 59.3 cm³/mol. The van der Waals surface area contributed by atoms with Crippen molar-refractivity contribution in [1.82, 2.24) is 15.2 Å². The average Bonchev–Trinajstić information content (AvgIpc) is 2.29. The number of piperazine rings is 1. The number of carbonyl (C=O) groups excluding carboxylic acids is 1. The lowest BCUT2D eigenvalue weighted by Crippen LogP contribution is -2.51. The molecule has 86 valence electrons. The lowest BCUT2D eigenvalue weighted by atomic mass is 10.1. The summed E-state index contributed by atoms with van der Waals surface area (Å²) in [6.45, 7) is 4.16. The second kappa shape index (κ2) is 4.49. The van der Waals surface area contributed by atoms with Crippen molar-refractivity contribution in [3.8, 4) is 5.75 Å².